The monoisotopic (exact) mass is 380 g/mol. The minimum absolute atomic E-state index is 0.113. The van der Waals surface area contributed by atoms with Gasteiger partial charge in [0.25, 0.3) is 0 Å². The first-order valence-corrected chi connectivity index (χ1v) is 10.0. The fourth-order valence-corrected chi connectivity index (χ4v) is 3.60. The Balaban J connectivity index is 1.96. The second-order valence-corrected chi connectivity index (χ2v) is 8.11. The molecule has 1 N–H and O–H groups in total. The van der Waals surface area contributed by atoms with E-state index in [1.807, 2.05) is 31.2 Å². The van der Waals surface area contributed by atoms with Gasteiger partial charge in [0.15, 0.2) is 0 Å². The summed E-state index contributed by atoms with van der Waals surface area (Å²) in [5.41, 5.74) is 2.45. The number of nitrogens with zero attached hydrogens (tertiary/aromatic N) is 1. The second kappa shape index (κ2) is 8.36. The second-order valence-electron chi connectivity index (χ2n) is 5.80. The molecule has 0 saturated heterocycles. The van der Waals surface area contributed by atoms with Crippen LogP contribution < -0.4 is 9.62 Å². The van der Waals surface area contributed by atoms with E-state index < -0.39 is 10.0 Å². The maximum absolute atomic E-state index is 12.0. The maximum Gasteiger partial charge on any atom is 0.232 e. The van der Waals surface area contributed by atoms with Crippen LogP contribution in [0.5, 0.6) is 0 Å². The summed E-state index contributed by atoms with van der Waals surface area (Å²) in [4.78, 5) is 12.0. The van der Waals surface area contributed by atoms with Crippen LogP contribution in [0.3, 0.4) is 0 Å². The summed E-state index contributed by atoms with van der Waals surface area (Å²) in [6.45, 7) is 2.30. The standard InChI is InChI=1S/C18H21ClN2O3S/c1-14-7-9-15(10-8-14)13-18(22)20-11-12-21(25(2,23)24)17-6-4-3-5-16(17)19/h3-10H,11-13H2,1-2H3,(H,20,22). The molecule has 0 spiro atoms. The number of carbonyl (C=O) groups excluding carboxylic acids is 1. The van der Waals surface area contributed by atoms with Crippen LogP contribution in [0.2, 0.25) is 5.02 Å². The third kappa shape index (κ3) is 5.76. The Morgan fingerprint density at radius 1 is 1.12 bits per heavy atom. The molecule has 0 aromatic heterocycles. The highest BCUT2D eigenvalue weighted by Crippen LogP contribution is 2.26. The minimum Gasteiger partial charge on any atom is -0.354 e. The summed E-state index contributed by atoms with van der Waals surface area (Å²) in [5.74, 6) is -0.156. The van der Waals surface area contributed by atoms with E-state index in [9.17, 15) is 13.2 Å². The lowest BCUT2D eigenvalue weighted by Gasteiger charge is -2.23. The average Bonchev–Trinajstić information content (AvgIpc) is 2.54. The first-order chi connectivity index (χ1) is 11.8. The van der Waals surface area contributed by atoms with Gasteiger partial charge in [-0.05, 0) is 24.6 Å². The molecule has 0 aliphatic heterocycles. The molecule has 0 atom stereocenters. The molecular formula is C18H21ClN2O3S. The van der Waals surface area contributed by atoms with Gasteiger partial charge in [-0.1, -0.05) is 53.6 Å². The smallest absolute Gasteiger partial charge is 0.232 e. The van der Waals surface area contributed by atoms with Crippen molar-refractivity contribution in [2.24, 2.45) is 0 Å². The Bertz CT molecular complexity index is 836. The number of hydrogen-bond acceptors (Lipinski definition) is 3. The number of para-hydroxylation sites is 1. The van der Waals surface area contributed by atoms with Crippen molar-refractivity contribution < 1.29 is 13.2 Å². The van der Waals surface area contributed by atoms with Gasteiger partial charge in [0.1, 0.15) is 0 Å². The largest absolute Gasteiger partial charge is 0.354 e. The molecule has 0 aliphatic rings. The number of anilines is 1. The van der Waals surface area contributed by atoms with Crippen LogP contribution in [-0.4, -0.2) is 33.7 Å². The van der Waals surface area contributed by atoms with Crippen molar-refractivity contribution in [1.82, 2.24) is 5.32 Å². The molecule has 2 aromatic carbocycles. The SMILES string of the molecule is Cc1ccc(CC(=O)NCCN(c2ccccc2Cl)S(C)(=O)=O)cc1. The zero-order chi connectivity index (χ0) is 18.4. The van der Waals surface area contributed by atoms with Gasteiger partial charge < -0.3 is 5.32 Å². The summed E-state index contributed by atoms with van der Waals surface area (Å²) in [5, 5.41) is 3.10. The summed E-state index contributed by atoms with van der Waals surface area (Å²) in [7, 11) is -3.50. The molecule has 25 heavy (non-hydrogen) atoms. The predicted molar refractivity (Wildman–Crippen MR) is 102 cm³/mol. The summed E-state index contributed by atoms with van der Waals surface area (Å²) >= 11 is 6.09. The van der Waals surface area contributed by atoms with E-state index >= 15 is 0 Å². The highest BCUT2D eigenvalue weighted by molar-refractivity contribution is 7.92. The number of rotatable bonds is 7. The quantitative estimate of drug-likeness (QED) is 0.803. The first-order valence-electron chi connectivity index (χ1n) is 7.82. The number of sulfonamides is 1. The highest BCUT2D eigenvalue weighted by atomic mass is 35.5. The van der Waals surface area contributed by atoms with E-state index in [4.69, 9.17) is 11.6 Å². The summed E-state index contributed by atoms with van der Waals surface area (Å²) in [6, 6.07) is 14.4. The van der Waals surface area contributed by atoms with Crippen molar-refractivity contribution in [3.63, 3.8) is 0 Å². The number of carbonyl (C=O) groups is 1. The molecule has 7 heteroatoms. The lowest BCUT2D eigenvalue weighted by molar-refractivity contribution is -0.120. The molecule has 2 aromatic rings. The molecule has 0 radical (unpaired) electrons. The van der Waals surface area contributed by atoms with Gasteiger partial charge in [-0.2, -0.15) is 0 Å². The molecule has 0 bridgehead atoms. The van der Waals surface area contributed by atoms with Crippen molar-refractivity contribution in [3.05, 3.63) is 64.7 Å². The van der Waals surface area contributed by atoms with Crippen LogP contribution in [0.15, 0.2) is 48.5 Å². The maximum atomic E-state index is 12.0. The van der Waals surface area contributed by atoms with Crippen molar-refractivity contribution in [1.29, 1.82) is 0 Å². The summed E-state index contributed by atoms with van der Waals surface area (Å²) < 4.78 is 25.3. The number of hydrogen-bond donors (Lipinski definition) is 1. The van der Waals surface area contributed by atoms with Gasteiger partial charge in [-0.25, -0.2) is 8.42 Å². The Morgan fingerprint density at radius 2 is 1.76 bits per heavy atom. The molecule has 1 amide bonds. The zero-order valence-corrected chi connectivity index (χ0v) is 15.8. The molecule has 0 saturated carbocycles. The van der Waals surface area contributed by atoms with E-state index in [1.54, 1.807) is 24.3 Å². The number of nitrogens with one attached hydrogen (secondary N) is 1. The van der Waals surface area contributed by atoms with Crippen molar-refractivity contribution in [2.75, 3.05) is 23.7 Å². The number of halogens is 1. The van der Waals surface area contributed by atoms with Crippen LogP contribution in [-0.2, 0) is 21.2 Å². The van der Waals surface area contributed by atoms with Gasteiger partial charge in [0, 0.05) is 6.54 Å². The van der Waals surface area contributed by atoms with Crippen LogP contribution >= 0.6 is 11.6 Å². The lowest BCUT2D eigenvalue weighted by Crippen LogP contribution is -2.38. The molecule has 0 fully saturated rings. The van der Waals surface area contributed by atoms with Crippen LogP contribution in [0.1, 0.15) is 11.1 Å². The number of benzene rings is 2. The predicted octanol–water partition coefficient (Wildman–Crippen LogP) is 2.77. The van der Waals surface area contributed by atoms with E-state index in [1.165, 1.54) is 4.31 Å². The lowest BCUT2D eigenvalue weighted by atomic mass is 10.1. The van der Waals surface area contributed by atoms with E-state index in [0.717, 1.165) is 17.4 Å². The number of amides is 1. The molecule has 0 aliphatic carbocycles. The van der Waals surface area contributed by atoms with Crippen LogP contribution in [0.4, 0.5) is 5.69 Å². The van der Waals surface area contributed by atoms with Gasteiger partial charge in [-0.15, -0.1) is 0 Å². The Morgan fingerprint density at radius 3 is 2.36 bits per heavy atom. The number of aryl methyl sites for hydroxylation is 1. The Labute approximate surface area is 153 Å². The Kier molecular flexibility index (Phi) is 6.45. The minimum atomic E-state index is -3.50. The topological polar surface area (TPSA) is 66.5 Å². The molecule has 2 rings (SSSR count). The third-order valence-corrected chi connectivity index (χ3v) is 5.14. The molecule has 0 heterocycles. The fraction of sp³-hybridized carbons (Fsp3) is 0.278. The van der Waals surface area contributed by atoms with Crippen molar-refractivity contribution >= 4 is 33.2 Å². The Hall–Kier alpha value is -2.05. The normalized spacial score (nSPS) is 11.2. The van der Waals surface area contributed by atoms with Crippen LogP contribution in [0, 0.1) is 6.92 Å². The molecule has 134 valence electrons. The first kappa shape index (κ1) is 19.3. The fourth-order valence-electron chi connectivity index (χ4n) is 2.37. The van der Waals surface area contributed by atoms with Crippen molar-refractivity contribution in [3.8, 4) is 0 Å². The van der Waals surface area contributed by atoms with Gasteiger partial charge in [0.2, 0.25) is 15.9 Å². The molecule has 0 unspecified atom stereocenters. The molecule has 5 nitrogen and oxygen atoms in total. The van der Waals surface area contributed by atoms with Crippen LogP contribution in [0.25, 0.3) is 0 Å². The van der Waals surface area contributed by atoms with E-state index in [0.29, 0.717) is 10.7 Å². The van der Waals surface area contributed by atoms with Gasteiger partial charge in [-0.3, -0.25) is 9.10 Å². The van der Waals surface area contributed by atoms with E-state index in [-0.39, 0.29) is 25.4 Å². The van der Waals surface area contributed by atoms with Crippen molar-refractivity contribution in [2.45, 2.75) is 13.3 Å². The third-order valence-electron chi connectivity index (χ3n) is 3.64. The van der Waals surface area contributed by atoms with Gasteiger partial charge >= 0.3 is 0 Å². The molecular weight excluding hydrogens is 360 g/mol. The highest BCUT2D eigenvalue weighted by Gasteiger charge is 2.19. The van der Waals surface area contributed by atoms with Gasteiger partial charge in [0.05, 0.1) is 29.9 Å². The zero-order valence-electron chi connectivity index (χ0n) is 14.2. The average molecular weight is 381 g/mol. The summed E-state index contributed by atoms with van der Waals surface area (Å²) in [6.07, 6.45) is 1.37. The van der Waals surface area contributed by atoms with E-state index in [2.05, 4.69) is 5.32 Å².